The maximum Gasteiger partial charge on any atom is 0.409 e. The minimum absolute atomic E-state index is 0.151. The monoisotopic (exact) mass is 357 g/mol. The van der Waals surface area contributed by atoms with Gasteiger partial charge in [0, 0.05) is 30.4 Å². The summed E-state index contributed by atoms with van der Waals surface area (Å²) < 4.78 is 27.8. The average Bonchev–Trinajstić information content (AvgIpc) is 2.59. The molecule has 3 rings (SSSR count). The highest BCUT2D eigenvalue weighted by molar-refractivity contribution is 5.82. The third-order valence-electron chi connectivity index (χ3n) is 3.60. The molecule has 132 valence electrons. The van der Waals surface area contributed by atoms with Gasteiger partial charge in [-0.1, -0.05) is 12.1 Å². The van der Waals surface area contributed by atoms with Gasteiger partial charge in [-0.25, -0.2) is 18.3 Å². The Hall–Kier alpha value is -3.55. The molecule has 0 spiro atoms. The molecule has 0 atom stereocenters. The summed E-state index contributed by atoms with van der Waals surface area (Å²) in [5, 5.41) is 15.2. The molecular formula is C18H13F2N3O3. The van der Waals surface area contributed by atoms with Crippen molar-refractivity contribution in [2.75, 3.05) is 5.32 Å². The zero-order chi connectivity index (χ0) is 18.7. The molecule has 8 heteroatoms. The van der Waals surface area contributed by atoms with Crippen LogP contribution in [0, 0.1) is 11.6 Å². The Morgan fingerprint density at radius 3 is 2.65 bits per heavy atom. The summed E-state index contributed by atoms with van der Waals surface area (Å²) in [6.07, 6.45) is 0.319. The van der Waals surface area contributed by atoms with E-state index in [2.05, 4.69) is 10.4 Å². The third-order valence-corrected chi connectivity index (χ3v) is 3.60. The van der Waals surface area contributed by atoms with Crippen molar-refractivity contribution >= 4 is 11.8 Å². The van der Waals surface area contributed by atoms with Gasteiger partial charge in [0.05, 0.1) is 5.69 Å². The Labute approximate surface area is 146 Å². The summed E-state index contributed by atoms with van der Waals surface area (Å²) in [6, 6.07) is 11.1. The van der Waals surface area contributed by atoms with Gasteiger partial charge in [0.1, 0.15) is 5.69 Å². The van der Waals surface area contributed by atoms with Crippen LogP contribution in [0.4, 0.5) is 19.3 Å². The molecule has 0 saturated carbocycles. The fourth-order valence-electron chi connectivity index (χ4n) is 2.42. The van der Waals surface area contributed by atoms with Crippen LogP contribution in [0.5, 0.6) is 0 Å². The zero-order valence-electron chi connectivity index (χ0n) is 13.3. The second-order valence-electron chi connectivity index (χ2n) is 5.48. The number of rotatable bonds is 4. The molecule has 0 aliphatic rings. The van der Waals surface area contributed by atoms with Gasteiger partial charge in [-0.05, 0) is 29.8 Å². The molecule has 0 radical (unpaired) electrons. The Morgan fingerprint density at radius 1 is 1.12 bits per heavy atom. The van der Waals surface area contributed by atoms with Gasteiger partial charge in [0.25, 0.3) is 0 Å². The number of nitrogens with one attached hydrogen (secondary N) is 1. The topological polar surface area (TPSA) is 84.2 Å². The summed E-state index contributed by atoms with van der Waals surface area (Å²) in [7, 11) is 0. The van der Waals surface area contributed by atoms with Crippen molar-refractivity contribution in [1.29, 1.82) is 0 Å². The first-order valence-electron chi connectivity index (χ1n) is 7.55. The van der Waals surface area contributed by atoms with Crippen LogP contribution in [0.15, 0.2) is 59.5 Å². The standard InChI is InChI=1S/C18H13F2N3O3/c19-14-5-4-13(10-15(14)20)23-7-6-17(24)16(22-23)9-11-2-1-3-12(8-11)21-18(25)26/h1-8,10,21H,9H2,(H,25,26). The lowest BCUT2D eigenvalue weighted by Crippen LogP contribution is -2.16. The molecule has 0 saturated heterocycles. The molecule has 1 aromatic heterocycles. The van der Waals surface area contributed by atoms with Gasteiger partial charge in [0.2, 0.25) is 5.43 Å². The van der Waals surface area contributed by atoms with Gasteiger partial charge in [0.15, 0.2) is 11.6 Å². The second-order valence-corrected chi connectivity index (χ2v) is 5.48. The smallest absolute Gasteiger partial charge is 0.409 e. The van der Waals surface area contributed by atoms with E-state index in [1.807, 2.05) is 0 Å². The minimum atomic E-state index is -1.19. The molecule has 26 heavy (non-hydrogen) atoms. The normalized spacial score (nSPS) is 10.5. The van der Waals surface area contributed by atoms with Gasteiger partial charge in [-0.15, -0.1) is 0 Å². The van der Waals surface area contributed by atoms with Crippen molar-refractivity contribution in [2.24, 2.45) is 0 Å². The molecule has 3 aromatic rings. The fraction of sp³-hybridized carbons (Fsp3) is 0.0556. The van der Waals surface area contributed by atoms with Gasteiger partial charge >= 0.3 is 6.09 Å². The first kappa shape index (κ1) is 17.3. The summed E-state index contributed by atoms with van der Waals surface area (Å²) in [4.78, 5) is 22.8. The van der Waals surface area contributed by atoms with E-state index in [1.165, 1.54) is 23.0 Å². The van der Waals surface area contributed by atoms with Gasteiger partial charge in [-0.2, -0.15) is 5.10 Å². The quantitative estimate of drug-likeness (QED) is 0.751. The molecule has 1 amide bonds. The molecule has 2 aromatic carbocycles. The Balaban J connectivity index is 1.92. The van der Waals surface area contributed by atoms with E-state index in [0.29, 0.717) is 11.3 Å². The SMILES string of the molecule is O=C(O)Nc1cccc(Cc2nn(-c3ccc(F)c(F)c3)ccc2=O)c1. The number of amides is 1. The minimum Gasteiger partial charge on any atom is -0.465 e. The number of aromatic nitrogens is 2. The highest BCUT2D eigenvalue weighted by Gasteiger charge is 2.09. The molecular weight excluding hydrogens is 344 g/mol. The van der Waals surface area contributed by atoms with E-state index in [4.69, 9.17) is 5.11 Å². The van der Waals surface area contributed by atoms with Crippen molar-refractivity contribution in [3.8, 4) is 5.69 Å². The van der Waals surface area contributed by atoms with E-state index in [0.717, 1.165) is 12.1 Å². The molecule has 2 N–H and O–H groups in total. The van der Waals surface area contributed by atoms with E-state index >= 15 is 0 Å². The molecule has 0 unspecified atom stereocenters. The van der Waals surface area contributed by atoms with Crippen molar-refractivity contribution in [2.45, 2.75) is 6.42 Å². The van der Waals surface area contributed by atoms with E-state index in [1.54, 1.807) is 24.3 Å². The van der Waals surface area contributed by atoms with E-state index in [-0.39, 0.29) is 23.2 Å². The fourth-order valence-corrected chi connectivity index (χ4v) is 2.42. The Bertz CT molecular complexity index is 1030. The maximum atomic E-state index is 13.4. The van der Waals surface area contributed by atoms with Crippen LogP contribution in [-0.4, -0.2) is 21.0 Å². The summed E-state index contributed by atoms with van der Waals surface area (Å²) in [5.41, 5.74) is 1.17. The third kappa shape index (κ3) is 3.92. The second kappa shape index (κ2) is 7.14. The lowest BCUT2D eigenvalue weighted by molar-refractivity contribution is 0.210. The molecule has 0 aliphatic heterocycles. The van der Waals surface area contributed by atoms with Crippen molar-refractivity contribution in [1.82, 2.24) is 9.78 Å². The van der Waals surface area contributed by atoms with Crippen LogP contribution in [0.3, 0.4) is 0 Å². The largest absolute Gasteiger partial charge is 0.465 e. The van der Waals surface area contributed by atoms with Gasteiger partial charge in [-0.3, -0.25) is 10.1 Å². The summed E-state index contributed by atoms with van der Waals surface area (Å²) in [5.74, 6) is -1.99. The number of hydrogen-bond acceptors (Lipinski definition) is 3. The van der Waals surface area contributed by atoms with Crippen LogP contribution in [0.25, 0.3) is 5.69 Å². The van der Waals surface area contributed by atoms with Crippen LogP contribution in [0.2, 0.25) is 0 Å². The molecule has 1 heterocycles. The number of anilines is 1. The molecule has 0 aliphatic carbocycles. The van der Waals surface area contributed by atoms with Crippen LogP contribution in [0.1, 0.15) is 11.3 Å². The first-order chi connectivity index (χ1) is 12.4. The van der Waals surface area contributed by atoms with Crippen LogP contribution in [-0.2, 0) is 6.42 Å². The number of carboxylic acid groups (broad SMARTS) is 1. The van der Waals surface area contributed by atoms with Gasteiger partial charge < -0.3 is 5.11 Å². The molecule has 0 bridgehead atoms. The maximum absolute atomic E-state index is 13.4. The summed E-state index contributed by atoms with van der Waals surface area (Å²) >= 11 is 0. The highest BCUT2D eigenvalue weighted by Crippen LogP contribution is 2.14. The Kier molecular flexibility index (Phi) is 4.74. The van der Waals surface area contributed by atoms with Crippen molar-refractivity contribution < 1.29 is 18.7 Å². The lowest BCUT2D eigenvalue weighted by Gasteiger charge is -2.09. The van der Waals surface area contributed by atoms with Crippen LogP contribution >= 0.6 is 0 Å². The van der Waals surface area contributed by atoms with Crippen molar-refractivity contribution in [3.05, 3.63) is 87.8 Å². The zero-order valence-corrected chi connectivity index (χ0v) is 13.3. The highest BCUT2D eigenvalue weighted by atomic mass is 19.2. The number of nitrogens with zero attached hydrogens (tertiary/aromatic N) is 2. The van der Waals surface area contributed by atoms with E-state index in [9.17, 15) is 18.4 Å². The predicted molar refractivity (Wildman–Crippen MR) is 90.6 cm³/mol. The lowest BCUT2D eigenvalue weighted by atomic mass is 10.1. The molecule has 0 fully saturated rings. The number of carbonyl (C=O) groups is 1. The predicted octanol–water partition coefficient (Wildman–Crippen LogP) is 3.19. The number of halogens is 2. The Morgan fingerprint density at radius 2 is 1.92 bits per heavy atom. The average molecular weight is 357 g/mol. The van der Waals surface area contributed by atoms with Crippen LogP contribution < -0.4 is 10.7 Å². The van der Waals surface area contributed by atoms with Crippen molar-refractivity contribution in [3.63, 3.8) is 0 Å². The first-order valence-corrected chi connectivity index (χ1v) is 7.55. The molecule has 6 nitrogen and oxygen atoms in total. The van der Waals surface area contributed by atoms with E-state index < -0.39 is 17.7 Å². The number of hydrogen-bond donors (Lipinski definition) is 2. The summed E-state index contributed by atoms with van der Waals surface area (Å²) in [6.45, 7) is 0. The number of benzene rings is 2.